The van der Waals surface area contributed by atoms with Gasteiger partial charge in [0.05, 0.1) is 54.4 Å². The summed E-state index contributed by atoms with van der Waals surface area (Å²) in [7, 11) is 9.38. The monoisotopic (exact) mass is 327 g/mol. The van der Waals surface area contributed by atoms with E-state index < -0.39 is 0 Å². The molecule has 0 bridgehead atoms. The van der Waals surface area contributed by atoms with Crippen LogP contribution in [0.25, 0.3) is 0 Å². The van der Waals surface area contributed by atoms with Crippen LogP contribution < -0.4 is 0 Å². The lowest BCUT2D eigenvalue weighted by Gasteiger charge is -2.42. The molecule has 0 saturated carbocycles. The Balaban J connectivity index is 2.05. The van der Waals surface area contributed by atoms with Crippen LogP contribution >= 0.6 is 0 Å². The predicted octanol–water partition coefficient (Wildman–Crippen LogP) is 3.60. The fourth-order valence-corrected chi connectivity index (χ4v) is 3.51. The van der Waals surface area contributed by atoms with Gasteiger partial charge in [-0.1, -0.05) is 45.4 Å². The fraction of sp³-hybridized carbons (Fsp3) is 1.00. The molecule has 0 unspecified atom stereocenters. The Morgan fingerprint density at radius 3 is 1.87 bits per heavy atom. The van der Waals surface area contributed by atoms with Crippen molar-refractivity contribution in [1.82, 2.24) is 4.90 Å². The van der Waals surface area contributed by atoms with E-state index in [2.05, 4.69) is 40.0 Å². The highest BCUT2D eigenvalue weighted by atomic mass is 15.4. The summed E-state index contributed by atoms with van der Waals surface area (Å²) in [5.74, 6) is 0. The van der Waals surface area contributed by atoms with Gasteiger partial charge in [-0.05, 0) is 12.8 Å². The SMILES string of the molecule is CCCCCCCCCC[N+]1(C)CCN(CC[N+](C)(C)C)CC1. The Kier molecular flexibility index (Phi) is 9.72. The molecule has 0 radical (unpaired) electrons. The first-order valence-electron chi connectivity index (χ1n) is 10.2. The van der Waals surface area contributed by atoms with Crippen molar-refractivity contribution < 1.29 is 8.97 Å². The third-order valence-electron chi connectivity index (χ3n) is 5.55. The minimum absolute atomic E-state index is 1.08. The van der Waals surface area contributed by atoms with Crippen molar-refractivity contribution in [3.05, 3.63) is 0 Å². The normalized spacial score (nSPS) is 19.2. The van der Waals surface area contributed by atoms with Crippen LogP contribution in [0.3, 0.4) is 0 Å². The predicted molar refractivity (Wildman–Crippen MR) is 103 cm³/mol. The molecule has 1 aliphatic heterocycles. The number of hydrogen-bond acceptors (Lipinski definition) is 1. The van der Waals surface area contributed by atoms with Crippen LogP contribution in [-0.4, -0.2) is 87.9 Å². The van der Waals surface area contributed by atoms with E-state index in [1.165, 1.54) is 102 Å². The lowest BCUT2D eigenvalue weighted by atomic mass is 10.1. The molecule has 0 aliphatic carbocycles. The maximum Gasteiger partial charge on any atom is 0.0914 e. The van der Waals surface area contributed by atoms with Crippen LogP contribution in [0.15, 0.2) is 0 Å². The number of quaternary nitrogens is 2. The Labute approximate surface area is 146 Å². The van der Waals surface area contributed by atoms with Gasteiger partial charge in [0.25, 0.3) is 0 Å². The van der Waals surface area contributed by atoms with Gasteiger partial charge in [0, 0.05) is 19.6 Å². The summed E-state index contributed by atoms with van der Waals surface area (Å²) in [4.78, 5) is 2.68. The van der Waals surface area contributed by atoms with E-state index in [0.717, 1.165) is 4.48 Å². The molecule has 0 aromatic rings. The van der Waals surface area contributed by atoms with Gasteiger partial charge in [-0.25, -0.2) is 0 Å². The Morgan fingerprint density at radius 2 is 1.35 bits per heavy atom. The second-order valence-electron chi connectivity index (χ2n) is 9.12. The zero-order valence-corrected chi connectivity index (χ0v) is 16.9. The van der Waals surface area contributed by atoms with Crippen LogP contribution in [0.5, 0.6) is 0 Å². The summed E-state index contributed by atoms with van der Waals surface area (Å²) in [6.45, 7) is 11.5. The van der Waals surface area contributed by atoms with E-state index in [1.54, 1.807) is 0 Å². The molecule has 0 atom stereocenters. The standard InChI is InChI=1S/C20H45N3/c1-6-7-8-9-10-11-12-13-17-23(5)19-15-21(16-20-23)14-18-22(2,3)4/h6-20H2,1-5H3/q+2. The minimum Gasteiger partial charge on any atom is -0.330 e. The molecule has 0 aromatic heterocycles. The summed E-state index contributed by atoms with van der Waals surface area (Å²) in [6, 6.07) is 0. The van der Waals surface area contributed by atoms with Gasteiger partial charge in [0.1, 0.15) is 0 Å². The molecule has 23 heavy (non-hydrogen) atoms. The smallest absolute Gasteiger partial charge is 0.0914 e. The minimum atomic E-state index is 1.08. The van der Waals surface area contributed by atoms with E-state index in [9.17, 15) is 0 Å². The molecular formula is C20H45N3+2. The van der Waals surface area contributed by atoms with E-state index in [1.807, 2.05) is 0 Å². The van der Waals surface area contributed by atoms with E-state index in [4.69, 9.17) is 0 Å². The maximum absolute atomic E-state index is 2.68. The highest BCUT2D eigenvalue weighted by molar-refractivity contribution is 4.63. The molecule has 3 nitrogen and oxygen atoms in total. The van der Waals surface area contributed by atoms with Crippen molar-refractivity contribution in [3.63, 3.8) is 0 Å². The van der Waals surface area contributed by atoms with E-state index in [-0.39, 0.29) is 0 Å². The largest absolute Gasteiger partial charge is 0.330 e. The molecule has 3 heteroatoms. The summed E-state index contributed by atoms with van der Waals surface area (Å²) < 4.78 is 2.40. The first-order valence-corrected chi connectivity index (χ1v) is 10.2. The molecule has 1 saturated heterocycles. The first-order chi connectivity index (χ1) is 10.8. The third kappa shape index (κ3) is 10.4. The van der Waals surface area contributed by atoms with Gasteiger partial charge in [-0.2, -0.15) is 0 Å². The van der Waals surface area contributed by atoms with Crippen molar-refractivity contribution in [1.29, 1.82) is 0 Å². The average molecular weight is 328 g/mol. The van der Waals surface area contributed by atoms with Crippen molar-refractivity contribution in [3.8, 4) is 0 Å². The molecule has 1 heterocycles. The quantitative estimate of drug-likeness (QED) is 0.391. The summed E-state index contributed by atoms with van der Waals surface area (Å²) >= 11 is 0. The second-order valence-corrected chi connectivity index (χ2v) is 9.12. The van der Waals surface area contributed by atoms with Crippen LogP contribution in [0.2, 0.25) is 0 Å². The summed E-state index contributed by atoms with van der Waals surface area (Å²) in [5.41, 5.74) is 0. The number of piperazine rings is 1. The van der Waals surface area contributed by atoms with Crippen LogP contribution in [0.4, 0.5) is 0 Å². The lowest BCUT2D eigenvalue weighted by molar-refractivity contribution is -0.914. The van der Waals surface area contributed by atoms with Gasteiger partial charge in [0.15, 0.2) is 0 Å². The number of nitrogens with zero attached hydrogens (tertiary/aromatic N) is 3. The number of hydrogen-bond donors (Lipinski definition) is 0. The molecule has 1 aliphatic rings. The lowest BCUT2D eigenvalue weighted by Crippen LogP contribution is -2.58. The van der Waals surface area contributed by atoms with E-state index in [0.29, 0.717) is 0 Å². The molecular weight excluding hydrogens is 282 g/mol. The van der Waals surface area contributed by atoms with Gasteiger partial charge in [-0.15, -0.1) is 0 Å². The zero-order chi connectivity index (χ0) is 17.2. The Morgan fingerprint density at radius 1 is 0.826 bits per heavy atom. The van der Waals surface area contributed by atoms with Gasteiger partial charge < -0.3 is 8.97 Å². The topological polar surface area (TPSA) is 3.24 Å². The number of unbranched alkanes of at least 4 members (excludes halogenated alkanes) is 7. The van der Waals surface area contributed by atoms with Crippen molar-refractivity contribution >= 4 is 0 Å². The van der Waals surface area contributed by atoms with Gasteiger partial charge >= 0.3 is 0 Å². The van der Waals surface area contributed by atoms with Gasteiger partial charge in [-0.3, -0.25) is 4.90 Å². The van der Waals surface area contributed by atoms with Crippen molar-refractivity contribution in [2.75, 3.05) is 74.0 Å². The second kappa shape index (κ2) is 10.7. The third-order valence-corrected chi connectivity index (χ3v) is 5.55. The van der Waals surface area contributed by atoms with Crippen LogP contribution in [0, 0.1) is 0 Å². The highest BCUT2D eigenvalue weighted by Gasteiger charge is 2.28. The molecule has 138 valence electrons. The maximum atomic E-state index is 2.68. The number of rotatable bonds is 12. The van der Waals surface area contributed by atoms with Crippen LogP contribution in [0.1, 0.15) is 58.3 Å². The van der Waals surface area contributed by atoms with Crippen LogP contribution in [-0.2, 0) is 0 Å². The summed E-state index contributed by atoms with van der Waals surface area (Å²) in [5, 5.41) is 0. The first kappa shape index (κ1) is 20.9. The molecule has 0 spiro atoms. The van der Waals surface area contributed by atoms with Crippen molar-refractivity contribution in [2.45, 2.75) is 58.3 Å². The van der Waals surface area contributed by atoms with Gasteiger partial charge in [0.2, 0.25) is 0 Å². The molecule has 0 amide bonds. The fourth-order valence-electron chi connectivity index (χ4n) is 3.51. The number of likely N-dealkylation sites (N-methyl/N-ethyl adjacent to an activating group) is 2. The zero-order valence-electron chi connectivity index (χ0n) is 16.9. The Hall–Kier alpha value is -0.120. The van der Waals surface area contributed by atoms with E-state index >= 15 is 0 Å². The molecule has 0 aromatic carbocycles. The molecule has 0 N–H and O–H groups in total. The molecule has 1 rings (SSSR count). The average Bonchev–Trinajstić information content (AvgIpc) is 2.49. The molecule has 1 fully saturated rings. The van der Waals surface area contributed by atoms with Crippen molar-refractivity contribution in [2.24, 2.45) is 0 Å². The summed E-state index contributed by atoms with van der Waals surface area (Å²) in [6.07, 6.45) is 11.5. The Bertz CT molecular complexity index is 288. The highest BCUT2D eigenvalue weighted by Crippen LogP contribution is 2.14.